The first-order chi connectivity index (χ1) is 10.5. The van der Waals surface area contributed by atoms with Crippen molar-refractivity contribution in [3.63, 3.8) is 0 Å². The molecule has 0 radical (unpaired) electrons. The lowest BCUT2D eigenvalue weighted by Gasteiger charge is -2.37. The van der Waals surface area contributed by atoms with Crippen molar-refractivity contribution in [3.8, 4) is 0 Å². The van der Waals surface area contributed by atoms with Gasteiger partial charge in [0.1, 0.15) is 0 Å². The van der Waals surface area contributed by atoms with Gasteiger partial charge in [0.2, 0.25) is 10.1 Å². The van der Waals surface area contributed by atoms with Gasteiger partial charge in [-0.3, -0.25) is 0 Å². The molecule has 0 atom stereocenters. The number of nitrogens with zero attached hydrogens (tertiary/aromatic N) is 4. The van der Waals surface area contributed by atoms with Gasteiger partial charge in [0.25, 0.3) is 0 Å². The number of hydrogen-bond acceptors (Lipinski definition) is 6. The predicted octanol–water partition coefficient (Wildman–Crippen LogP) is 2.43. The molecule has 0 bridgehead atoms. The lowest BCUT2D eigenvalue weighted by molar-refractivity contribution is -0.169. The Morgan fingerprint density at radius 1 is 1.18 bits per heavy atom. The summed E-state index contributed by atoms with van der Waals surface area (Å²) in [6.45, 7) is 9.80. The van der Waals surface area contributed by atoms with Crippen LogP contribution in [0.15, 0.2) is 6.20 Å². The van der Waals surface area contributed by atoms with Crippen molar-refractivity contribution in [2.24, 2.45) is 0 Å². The van der Waals surface area contributed by atoms with Crippen LogP contribution in [0.3, 0.4) is 0 Å². The number of piperidine rings is 1. The topological polar surface area (TPSA) is 51.9 Å². The smallest absolute Gasteiger partial charge is 0.214 e. The van der Waals surface area contributed by atoms with E-state index < -0.39 is 0 Å². The van der Waals surface area contributed by atoms with Gasteiger partial charge in [0, 0.05) is 31.3 Å². The van der Waals surface area contributed by atoms with Gasteiger partial charge in [-0.15, -0.1) is 5.10 Å². The molecule has 1 spiro atoms. The van der Waals surface area contributed by atoms with Crippen molar-refractivity contribution in [1.29, 1.82) is 0 Å². The maximum atomic E-state index is 5.78. The van der Waals surface area contributed by atoms with Gasteiger partial charge < -0.3 is 14.4 Å². The minimum Gasteiger partial charge on any atom is -0.347 e. The van der Waals surface area contributed by atoms with Crippen LogP contribution in [-0.4, -0.2) is 46.7 Å². The molecule has 0 saturated carbocycles. The molecule has 0 aliphatic carbocycles. The molecule has 22 heavy (non-hydrogen) atoms. The summed E-state index contributed by atoms with van der Waals surface area (Å²) in [7, 11) is 0. The highest BCUT2D eigenvalue weighted by molar-refractivity contribution is 7.20. The molecule has 120 valence electrons. The lowest BCUT2D eigenvalue weighted by Crippen LogP contribution is -2.45. The summed E-state index contributed by atoms with van der Waals surface area (Å²) in [6, 6.07) is 0. The molecule has 4 rings (SSSR count). The fourth-order valence-corrected chi connectivity index (χ4v) is 3.94. The Balaban J connectivity index is 1.51. The third-order valence-electron chi connectivity index (χ3n) is 4.41. The van der Waals surface area contributed by atoms with Crippen LogP contribution in [0.25, 0.3) is 4.96 Å². The largest absolute Gasteiger partial charge is 0.347 e. The van der Waals surface area contributed by atoms with Gasteiger partial charge in [-0.1, -0.05) is 32.1 Å². The first-order valence-corrected chi connectivity index (χ1v) is 8.66. The zero-order valence-electron chi connectivity index (χ0n) is 13.3. The molecular weight excluding hydrogens is 300 g/mol. The molecule has 2 fully saturated rings. The molecule has 2 aliphatic heterocycles. The number of hydrogen-bond donors (Lipinski definition) is 0. The van der Waals surface area contributed by atoms with Crippen molar-refractivity contribution >= 4 is 21.4 Å². The van der Waals surface area contributed by atoms with E-state index in [4.69, 9.17) is 19.6 Å². The standard InChI is InChI=1S/C15H22N4O2S/c1-14(2,3)11-10-19-12(16-11)22-13(17-19)18-6-4-15(5-7-18)20-8-9-21-15/h10H,4-9H2,1-3H3. The quantitative estimate of drug-likeness (QED) is 0.807. The summed E-state index contributed by atoms with van der Waals surface area (Å²) in [4.78, 5) is 7.99. The fraction of sp³-hybridized carbons (Fsp3) is 0.733. The second-order valence-electron chi connectivity index (χ2n) is 7.08. The van der Waals surface area contributed by atoms with Crippen LogP contribution in [0.1, 0.15) is 39.3 Å². The van der Waals surface area contributed by atoms with Gasteiger partial charge in [0.05, 0.1) is 25.1 Å². The Morgan fingerprint density at radius 2 is 1.86 bits per heavy atom. The normalized spacial score (nSPS) is 22.0. The Bertz CT molecular complexity index is 640. The van der Waals surface area contributed by atoms with E-state index in [9.17, 15) is 0 Å². The van der Waals surface area contributed by atoms with Gasteiger partial charge >= 0.3 is 0 Å². The van der Waals surface area contributed by atoms with E-state index in [1.54, 1.807) is 11.3 Å². The molecule has 0 amide bonds. The highest BCUT2D eigenvalue weighted by atomic mass is 32.1. The van der Waals surface area contributed by atoms with Gasteiger partial charge in [0.15, 0.2) is 5.79 Å². The first kappa shape index (κ1) is 14.4. The van der Waals surface area contributed by atoms with Crippen LogP contribution in [0.5, 0.6) is 0 Å². The minimum atomic E-state index is -0.326. The SMILES string of the molecule is CC(C)(C)c1cn2nc(N3CCC4(CC3)OCCO4)sc2n1. The van der Waals surface area contributed by atoms with Crippen molar-refractivity contribution in [2.45, 2.75) is 44.8 Å². The van der Waals surface area contributed by atoms with Crippen molar-refractivity contribution in [2.75, 3.05) is 31.2 Å². The molecule has 2 saturated heterocycles. The molecule has 2 aromatic heterocycles. The van der Waals surface area contributed by atoms with Crippen LogP contribution >= 0.6 is 11.3 Å². The summed E-state index contributed by atoms with van der Waals surface area (Å²) < 4.78 is 13.5. The van der Waals surface area contributed by atoms with E-state index in [0.717, 1.165) is 54.9 Å². The summed E-state index contributed by atoms with van der Waals surface area (Å²) >= 11 is 1.66. The number of anilines is 1. The number of aromatic nitrogens is 3. The molecule has 0 N–H and O–H groups in total. The number of ether oxygens (including phenoxy) is 2. The van der Waals surface area contributed by atoms with E-state index in [1.807, 2.05) is 10.7 Å². The highest BCUT2D eigenvalue weighted by Gasteiger charge is 2.40. The summed E-state index contributed by atoms with van der Waals surface area (Å²) in [5.74, 6) is -0.326. The molecular formula is C15H22N4O2S. The third kappa shape index (κ3) is 2.41. The molecule has 0 aromatic carbocycles. The van der Waals surface area contributed by atoms with Crippen LogP contribution in [0.4, 0.5) is 5.13 Å². The maximum Gasteiger partial charge on any atom is 0.214 e. The van der Waals surface area contributed by atoms with E-state index in [1.165, 1.54) is 0 Å². The Hall–Kier alpha value is -1.18. The van der Waals surface area contributed by atoms with Crippen LogP contribution in [0.2, 0.25) is 0 Å². The van der Waals surface area contributed by atoms with Gasteiger partial charge in [-0.2, -0.15) is 0 Å². The third-order valence-corrected chi connectivity index (χ3v) is 5.39. The summed E-state index contributed by atoms with van der Waals surface area (Å²) in [5, 5.41) is 5.74. The average Bonchev–Trinajstić information content (AvgIpc) is 3.13. The van der Waals surface area contributed by atoms with Gasteiger partial charge in [-0.25, -0.2) is 9.50 Å². The molecule has 6 nitrogen and oxygen atoms in total. The number of fused-ring (bicyclic) bond motifs is 1. The van der Waals surface area contributed by atoms with E-state index in [-0.39, 0.29) is 11.2 Å². The molecule has 0 unspecified atom stereocenters. The maximum absolute atomic E-state index is 5.78. The Labute approximate surface area is 134 Å². The second-order valence-corrected chi connectivity index (χ2v) is 8.02. The van der Waals surface area contributed by atoms with Crippen molar-refractivity contribution in [3.05, 3.63) is 11.9 Å². The fourth-order valence-electron chi connectivity index (χ4n) is 3.00. The monoisotopic (exact) mass is 322 g/mol. The van der Waals surface area contributed by atoms with E-state index in [2.05, 4.69) is 25.7 Å². The molecule has 4 heterocycles. The molecule has 7 heteroatoms. The average molecular weight is 322 g/mol. The van der Waals surface area contributed by atoms with E-state index in [0.29, 0.717) is 0 Å². The predicted molar refractivity (Wildman–Crippen MR) is 85.6 cm³/mol. The second kappa shape index (κ2) is 4.91. The van der Waals surface area contributed by atoms with Crippen LogP contribution in [-0.2, 0) is 14.9 Å². The molecule has 2 aliphatic rings. The molecule has 2 aromatic rings. The van der Waals surface area contributed by atoms with E-state index >= 15 is 0 Å². The Kier molecular flexibility index (Phi) is 3.22. The number of imidazole rings is 1. The minimum absolute atomic E-state index is 0.0578. The van der Waals surface area contributed by atoms with Crippen LogP contribution < -0.4 is 4.90 Å². The lowest BCUT2D eigenvalue weighted by atomic mass is 9.93. The number of rotatable bonds is 1. The summed E-state index contributed by atoms with van der Waals surface area (Å²) in [5.41, 5.74) is 1.14. The van der Waals surface area contributed by atoms with Crippen molar-refractivity contribution < 1.29 is 9.47 Å². The highest BCUT2D eigenvalue weighted by Crippen LogP contribution is 2.35. The summed E-state index contributed by atoms with van der Waals surface area (Å²) in [6.07, 6.45) is 3.86. The zero-order chi connectivity index (χ0) is 15.4. The van der Waals surface area contributed by atoms with Crippen LogP contribution in [0, 0.1) is 0 Å². The zero-order valence-corrected chi connectivity index (χ0v) is 14.2. The van der Waals surface area contributed by atoms with Crippen molar-refractivity contribution in [1.82, 2.24) is 14.6 Å². The Morgan fingerprint density at radius 3 is 2.45 bits per heavy atom. The van der Waals surface area contributed by atoms with Gasteiger partial charge in [-0.05, 0) is 0 Å². The first-order valence-electron chi connectivity index (χ1n) is 7.85.